The van der Waals surface area contributed by atoms with Crippen LogP contribution in [0.3, 0.4) is 0 Å². The fourth-order valence-electron chi connectivity index (χ4n) is 1.97. The number of piperidine rings is 1. The number of hydrogen-bond acceptors (Lipinski definition) is 2. The van der Waals surface area contributed by atoms with Gasteiger partial charge < -0.3 is 28.5 Å². The maximum absolute atomic E-state index is 2.36. The van der Waals surface area contributed by atoms with E-state index in [2.05, 4.69) is 37.6 Å². The Morgan fingerprint density at radius 2 is 1.46 bits per heavy atom. The van der Waals surface area contributed by atoms with Crippen molar-refractivity contribution < 1.29 is 28.5 Å². The molecule has 2 saturated heterocycles. The summed E-state index contributed by atoms with van der Waals surface area (Å²) in [7, 11) is 4.72. The summed E-state index contributed by atoms with van der Waals surface area (Å²) in [6, 6.07) is 0. The van der Waals surface area contributed by atoms with E-state index in [-0.39, 0.29) is 24.0 Å². The molecular formula is C9H18INS2. The Morgan fingerprint density at radius 1 is 1.00 bits per heavy atom. The minimum Gasteiger partial charge on any atom is -1.00 e. The Balaban J connectivity index is 0.000000845. The molecule has 4 heteroatoms. The van der Waals surface area contributed by atoms with Gasteiger partial charge in [-0.2, -0.15) is 0 Å². The van der Waals surface area contributed by atoms with Gasteiger partial charge in [0.2, 0.25) is 0 Å². The molecule has 1 nitrogen and oxygen atoms in total. The third-order valence-electron chi connectivity index (χ3n) is 3.01. The molecule has 0 aromatic rings. The van der Waals surface area contributed by atoms with Crippen molar-refractivity contribution in [2.75, 3.05) is 38.7 Å². The molecule has 2 aliphatic heterocycles. The van der Waals surface area contributed by atoms with Crippen molar-refractivity contribution in [2.45, 2.75) is 16.9 Å². The van der Waals surface area contributed by atoms with Gasteiger partial charge in [-0.1, -0.05) is 0 Å². The van der Waals surface area contributed by atoms with Crippen LogP contribution in [0.15, 0.2) is 0 Å². The minimum absolute atomic E-state index is 0. The van der Waals surface area contributed by atoms with Crippen LogP contribution in [0.25, 0.3) is 0 Å². The maximum atomic E-state index is 2.36. The second kappa shape index (κ2) is 4.49. The molecule has 0 atom stereocenters. The van der Waals surface area contributed by atoms with E-state index in [9.17, 15) is 0 Å². The highest BCUT2D eigenvalue weighted by Gasteiger charge is 2.42. The molecule has 0 aromatic heterocycles. The van der Waals surface area contributed by atoms with Crippen molar-refractivity contribution >= 4 is 23.5 Å². The van der Waals surface area contributed by atoms with E-state index in [1.165, 1.54) is 41.9 Å². The summed E-state index contributed by atoms with van der Waals surface area (Å²) < 4.78 is 1.89. The summed E-state index contributed by atoms with van der Waals surface area (Å²) >= 11 is 4.44. The number of quaternary nitrogens is 1. The van der Waals surface area contributed by atoms with Gasteiger partial charge in [-0.25, -0.2) is 0 Å². The van der Waals surface area contributed by atoms with E-state index in [1.54, 1.807) is 0 Å². The molecule has 0 amide bonds. The zero-order chi connectivity index (χ0) is 8.66. The first kappa shape index (κ1) is 12.5. The maximum Gasteiger partial charge on any atom is 0.0804 e. The fourth-order valence-corrected chi connectivity index (χ4v) is 5.16. The number of nitrogens with zero attached hydrogens (tertiary/aromatic N) is 1. The van der Waals surface area contributed by atoms with E-state index in [0.29, 0.717) is 4.08 Å². The molecule has 1 spiro atoms. The standard InChI is InChI=1S/C9H18NS2.HI/c1-10(2)5-3-9(4-6-10)11-7-8-12-9;/h3-8H2,1-2H3;1H/q+1;/p-1. The van der Waals surface area contributed by atoms with Crippen molar-refractivity contribution in [1.82, 2.24) is 0 Å². The Hall–Kier alpha value is 1.39. The average Bonchev–Trinajstić information content (AvgIpc) is 2.46. The molecule has 78 valence electrons. The van der Waals surface area contributed by atoms with Crippen LogP contribution in [0, 0.1) is 0 Å². The highest BCUT2D eigenvalue weighted by molar-refractivity contribution is 8.21. The lowest BCUT2D eigenvalue weighted by Gasteiger charge is -2.41. The van der Waals surface area contributed by atoms with Gasteiger partial charge in [0.25, 0.3) is 0 Å². The first-order valence-electron chi connectivity index (χ1n) is 4.72. The van der Waals surface area contributed by atoms with Crippen molar-refractivity contribution in [1.29, 1.82) is 0 Å². The van der Waals surface area contributed by atoms with Gasteiger partial charge in [0.1, 0.15) is 0 Å². The first-order valence-corrected chi connectivity index (χ1v) is 6.69. The second-order valence-corrected chi connectivity index (χ2v) is 7.71. The second-order valence-electron chi connectivity index (χ2n) is 4.49. The average molecular weight is 331 g/mol. The summed E-state index contributed by atoms with van der Waals surface area (Å²) in [6.45, 7) is 2.75. The van der Waals surface area contributed by atoms with Crippen LogP contribution in [-0.4, -0.2) is 47.3 Å². The molecular weight excluding hydrogens is 313 g/mol. The fraction of sp³-hybridized carbons (Fsp3) is 1.00. The van der Waals surface area contributed by atoms with Crippen molar-refractivity contribution in [3.8, 4) is 0 Å². The van der Waals surface area contributed by atoms with E-state index < -0.39 is 0 Å². The van der Waals surface area contributed by atoms with Crippen LogP contribution in [0.4, 0.5) is 0 Å². The van der Waals surface area contributed by atoms with Crippen LogP contribution < -0.4 is 24.0 Å². The number of thioether (sulfide) groups is 2. The lowest BCUT2D eigenvalue weighted by Crippen LogP contribution is -3.00. The minimum atomic E-state index is 0. The van der Waals surface area contributed by atoms with Gasteiger partial charge in [0.15, 0.2) is 0 Å². The molecule has 0 unspecified atom stereocenters. The molecule has 0 N–H and O–H groups in total. The lowest BCUT2D eigenvalue weighted by atomic mass is 10.1. The smallest absolute Gasteiger partial charge is 0.0804 e. The van der Waals surface area contributed by atoms with Crippen LogP contribution in [0.5, 0.6) is 0 Å². The quantitative estimate of drug-likeness (QED) is 0.414. The monoisotopic (exact) mass is 331 g/mol. The number of hydrogen-bond donors (Lipinski definition) is 0. The van der Waals surface area contributed by atoms with Gasteiger partial charge in [-0.15, -0.1) is 23.5 Å². The van der Waals surface area contributed by atoms with Gasteiger partial charge in [-0.05, 0) is 0 Å². The Bertz CT molecular complexity index is 166. The van der Waals surface area contributed by atoms with Crippen LogP contribution in [0.2, 0.25) is 0 Å². The number of halogens is 1. The SMILES string of the molecule is C[N+]1(C)CCC2(CC1)SCCS2.[I-]. The third kappa shape index (κ3) is 2.92. The summed E-state index contributed by atoms with van der Waals surface area (Å²) in [5, 5.41) is 0. The summed E-state index contributed by atoms with van der Waals surface area (Å²) in [4.78, 5) is 0. The van der Waals surface area contributed by atoms with Gasteiger partial charge in [0, 0.05) is 24.3 Å². The zero-order valence-corrected chi connectivity index (χ0v) is 12.2. The van der Waals surface area contributed by atoms with Crippen molar-refractivity contribution in [3.63, 3.8) is 0 Å². The van der Waals surface area contributed by atoms with Crippen LogP contribution >= 0.6 is 23.5 Å². The van der Waals surface area contributed by atoms with Gasteiger partial charge in [-0.3, -0.25) is 0 Å². The van der Waals surface area contributed by atoms with Gasteiger partial charge in [0.05, 0.1) is 31.3 Å². The van der Waals surface area contributed by atoms with E-state index in [1.807, 2.05) is 0 Å². The highest BCUT2D eigenvalue weighted by atomic mass is 127. The summed E-state index contributed by atoms with van der Waals surface area (Å²) in [5.41, 5.74) is 0. The predicted octanol–water partition coefficient (Wildman–Crippen LogP) is -0.963. The predicted molar refractivity (Wildman–Crippen MR) is 58.7 cm³/mol. The van der Waals surface area contributed by atoms with E-state index in [0.717, 1.165) is 0 Å². The molecule has 13 heavy (non-hydrogen) atoms. The Labute approximate surface area is 107 Å². The van der Waals surface area contributed by atoms with Crippen LogP contribution in [0.1, 0.15) is 12.8 Å². The molecule has 0 aromatic carbocycles. The van der Waals surface area contributed by atoms with Crippen molar-refractivity contribution in [3.05, 3.63) is 0 Å². The summed E-state index contributed by atoms with van der Waals surface area (Å²) in [5.74, 6) is 2.77. The van der Waals surface area contributed by atoms with Gasteiger partial charge >= 0.3 is 0 Å². The molecule has 0 aliphatic carbocycles. The van der Waals surface area contributed by atoms with Crippen LogP contribution in [-0.2, 0) is 0 Å². The molecule has 2 rings (SSSR count). The molecule has 2 heterocycles. The zero-order valence-electron chi connectivity index (χ0n) is 8.38. The lowest BCUT2D eigenvalue weighted by molar-refractivity contribution is -0.894. The van der Waals surface area contributed by atoms with E-state index in [4.69, 9.17) is 0 Å². The third-order valence-corrected chi connectivity index (χ3v) is 6.66. The molecule has 2 fully saturated rings. The molecule has 0 bridgehead atoms. The highest BCUT2D eigenvalue weighted by Crippen LogP contribution is 2.51. The molecule has 0 radical (unpaired) electrons. The van der Waals surface area contributed by atoms with E-state index >= 15 is 0 Å². The summed E-state index contributed by atoms with van der Waals surface area (Å²) in [6.07, 6.45) is 2.85. The normalized spacial score (nSPS) is 30.0. The molecule has 2 aliphatic rings. The topological polar surface area (TPSA) is 0 Å². The number of likely N-dealkylation sites (tertiary alicyclic amines) is 1. The first-order chi connectivity index (χ1) is 5.62. The number of rotatable bonds is 0. The largest absolute Gasteiger partial charge is 1.00 e. The Morgan fingerprint density at radius 3 is 1.92 bits per heavy atom. The Kier molecular flexibility index (Phi) is 4.31. The van der Waals surface area contributed by atoms with Crippen molar-refractivity contribution in [2.24, 2.45) is 0 Å². The molecule has 0 saturated carbocycles.